The predicted molar refractivity (Wildman–Crippen MR) is 58.8 cm³/mol. The van der Waals surface area contributed by atoms with Crippen molar-refractivity contribution < 1.29 is 23.1 Å². The van der Waals surface area contributed by atoms with E-state index in [4.69, 9.17) is 16.7 Å². The molecule has 0 aliphatic carbocycles. The van der Waals surface area contributed by atoms with Crippen molar-refractivity contribution in [3.05, 3.63) is 33.7 Å². The molecule has 0 atom stereocenters. The molecule has 0 radical (unpaired) electrons. The molecule has 90 valence electrons. The Hall–Kier alpha value is -1.27. The summed E-state index contributed by atoms with van der Waals surface area (Å²) < 4.78 is 38.2. The van der Waals surface area contributed by atoms with Gasteiger partial charge in [-0.2, -0.15) is 13.2 Å². The quantitative estimate of drug-likeness (QED) is 0.847. The molecular weight excluding hydrogens is 277 g/mol. The van der Waals surface area contributed by atoms with Crippen molar-refractivity contribution in [2.24, 2.45) is 0 Å². The molecule has 0 spiro atoms. The van der Waals surface area contributed by atoms with Gasteiger partial charge in [0.15, 0.2) is 0 Å². The first kappa shape index (κ1) is 12.2. The Morgan fingerprint density at radius 2 is 2.00 bits per heavy atom. The summed E-state index contributed by atoms with van der Waals surface area (Å²) in [6.07, 6.45) is -4.53. The molecule has 2 nitrogen and oxygen atoms in total. The fourth-order valence-corrected chi connectivity index (χ4v) is 2.65. The molecule has 0 fully saturated rings. The van der Waals surface area contributed by atoms with E-state index in [1.807, 2.05) is 0 Å². The van der Waals surface area contributed by atoms with E-state index in [1.54, 1.807) is 0 Å². The van der Waals surface area contributed by atoms with E-state index in [9.17, 15) is 18.0 Å². The highest BCUT2D eigenvalue weighted by molar-refractivity contribution is 7.21. The topological polar surface area (TPSA) is 37.3 Å². The van der Waals surface area contributed by atoms with E-state index in [0.29, 0.717) is 0 Å². The number of fused-ring (bicyclic) bond motifs is 1. The first-order valence-electron chi connectivity index (χ1n) is 4.33. The van der Waals surface area contributed by atoms with Crippen LogP contribution in [0.5, 0.6) is 0 Å². The Labute approximate surface area is 102 Å². The molecule has 0 bridgehead atoms. The maximum Gasteiger partial charge on any atom is 0.417 e. The highest BCUT2D eigenvalue weighted by Crippen LogP contribution is 2.41. The molecule has 0 saturated heterocycles. The number of benzene rings is 1. The Bertz CT molecular complexity index is 603. The van der Waals surface area contributed by atoms with Crippen LogP contribution in [0.4, 0.5) is 13.2 Å². The largest absolute Gasteiger partial charge is 0.477 e. The molecule has 0 aliphatic heterocycles. The van der Waals surface area contributed by atoms with Crippen molar-refractivity contribution >= 4 is 39.0 Å². The minimum atomic E-state index is -4.53. The van der Waals surface area contributed by atoms with Gasteiger partial charge < -0.3 is 5.11 Å². The zero-order valence-corrected chi connectivity index (χ0v) is 9.58. The van der Waals surface area contributed by atoms with Crippen LogP contribution in [0.1, 0.15) is 15.2 Å². The number of thiophene rings is 1. The number of alkyl halides is 3. The lowest BCUT2D eigenvalue weighted by Crippen LogP contribution is -2.04. The van der Waals surface area contributed by atoms with Crippen molar-refractivity contribution in [3.63, 3.8) is 0 Å². The van der Waals surface area contributed by atoms with Crippen LogP contribution in [-0.4, -0.2) is 11.1 Å². The Kier molecular flexibility index (Phi) is 2.79. The predicted octanol–water partition coefficient (Wildman–Crippen LogP) is 4.27. The Morgan fingerprint density at radius 3 is 2.53 bits per heavy atom. The van der Waals surface area contributed by atoms with Gasteiger partial charge in [0.25, 0.3) is 0 Å². The molecule has 2 rings (SSSR count). The molecule has 0 aliphatic rings. The number of aromatic carboxylic acids is 1. The third kappa shape index (κ3) is 2.10. The van der Waals surface area contributed by atoms with Crippen LogP contribution in [0.15, 0.2) is 18.2 Å². The molecule has 17 heavy (non-hydrogen) atoms. The molecular formula is C10H4ClF3O2S. The summed E-state index contributed by atoms with van der Waals surface area (Å²) in [7, 11) is 0. The number of hydrogen-bond acceptors (Lipinski definition) is 2. The molecule has 0 amide bonds. The average Bonchev–Trinajstić information content (AvgIpc) is 2.61. The van der Waals surface area contributed by atoms with Crippen molar-refractivity contribution in [2.45, 2.75) is 6.18 Å². The minimum Gasteiger partial charge on any atom is -0.477 e. The van der Waals surface area contributed by atoms with Crippen molar-refractivity contribution in [2.75, 3.05) is 0 Å². The summed E-state index contributed by atoms with van der Waals surface area (Å²) in [6.45, 7) is 0. The van der Waals surface area contributed by atoms with Crippen LogP contribution >= 0.6 is 22.9 Å². The van der Waals surface area contributed by atoms with Gasteiger partial charge in [-0.15, -0.1) is 11.3 Å². The van der Waals surface area contributed by atoms with Crippen LogP contribution in [0.2, 0.25) is 5.02 Å². The summed E-state index contributed by atoms with van der Waals surface area (Å²) in [5.74, 6) is -1.27. The minimum absolute atomic E-state index is 0.116. The fourth-order valence-electron chi connectivity index (χ4n) is 1.44. The molecule has 1 aromatic carbocycles. The molecule has 0 saturated carbocycles. The first-order chi connectivity index (χ1) is 7.80. The van der Waals surface area contributed by atoms with Crippen molar-refractivity contribution in [1.29, 1.82) is 0 Å². The molecule has 0 unspecified atom stereocenters. The molecule has 7 heteroatoms. The Morgan fingerprint density at radius 1 is 1.35 bits per heavy atom. The summed E-state index contributed by atoms with van der Waals surface area (Å²) in [5.41, 5.74) is -0.874. The van der Waals surface area contributed by atoms with E-state index in [0.717, 1.165) is 29.5 Å². The lowest BCUT2D eigenvalue weighted by atomic mass is 10.1. The van der Waals surface area contributed by atoms with Gasteiger partial charge in [0.2, 0.25) is 0 Å². The van der Waals surface area contributed by atoms with E-state index < -0.39 is 17.7 Å². The highest BCUT2D eigenvalue weighted by atomic mass is 35.5. The second-order valence-corrected chi connectivity index (χ2v) is 4.71. The van der Waals surface area contributed by atoms with Gasteiger partial charge in [-0.25, -0.2) is 4.79 Å². The second-order valence-electron chi connectivity index (χ2n) is 3.25. The number of rotatable bonds is 1. The molecule has 1 aromatic heterocycles. The second kappa shape index (κ2) is 3.89. The van der Waals surface area contributed by atoms with Crippen molar-refractivity contribution in [3.8, 4) is 0 Å². The number of hydrogen-bond donors (Lipinski definition) is 1. The number of carboxylic acids is 1. The SMILES string of the molecule is O=C(O)c1cc2c(C(F)(F)F)ccc(Cl)c2s1. The van der Waals surface area contributed by atoms with E-state index in [1.165, 1.54) is 0 Å². The summed E-state index contributed by atoms with van der Waals surface area (Å²) in [5, 5.41) is 8.70. The van der Waals surface area contributed by atoms with Gasteiger partial charge >= 0.3 is 12.1 Å². The normalized spacial score (nSPS) is 12.0. The maximum absolute atomic E-state index is 12.7. The van der Waals surface area contributed by atoms with E-state index in [-0.39, 0.29) is 20.0 Å². The van der Waals surface area contributed by atoms with Gasteiger partial charge in [-0.3, -0.25) is 0 Å². The summed E-state index contributed by atoms with van der Waals surface area (Å²) in [4.78, 5) is 10.6. The number of halogens is 4. The van der Waals surface area contributed by atoms with Crippen LogP contribution in [0.25, 0.3) is 10.1 Å². The summed E-state index contributed by atoms with van der Waals surface area (Å²) >= 11 is 6.48. The van der Waals surface area contributed by atoms with Crippen molar-refractivity contribution in [1.82, 2.24) is 0 Å². The van der Waals surface area contributed by atoms with Gasteiger partial charge in [0.05, 0.1) is 15.3 Å². The highest BCUT2D eigenvalue weighted by Gasteiger charge is 2.33. The zero-order valence-electron chi connectivity index (χ0n) is 8.01. The standard InChI is InChI=1S/C10H4ClF3O2S/c11-6-2-1-5(10(12,13)14)4-3-7(9(15)16)17-8(4)6/h1-3H,(H,15,16). The number of carbonyl (C=O) groups is 1. The average molecular weight is 281 g/mol. The van der Waals surface area contributed by atoms with Gasteiger partial charge in [0.1, 0.15) is 4.88 Å². The molecule has 2 aromatic rings. The van der Waals surface area contributed by atoms with E-state index >= 15 is 0 Å². The lowest BCUT2D eigenvalue weighted by Gasteiger charge is -2.08. The Balaban J connectivity index is 2.81. The molecule has 1 heterocycles. The number of carboxylic acid groups (broad SMARTS) is 1. The third-order valence-corrected chi connectivity index (χ3v) is 3.74. The van der Waals surface area contributed by atoms with Gasteiger partial charge in [-0.05, 0) is 18.2 Å². The van der Waals surface area contributed by atoms with Crippen LogP contribution < -0.4 is 0 Å². The smallest absolute Gasteiger partial charge is 0.417 e. The van der Waals surface area contributed by atoms with E-state index in [2.05, 4.69) is 0 Å². The van der Waals surface area contributed by atoms with Gasteiger partial charge in [-0.1, -0.05) is 11.6 Å². The third-order valence-electron chi connectivity index (χ3n) is 2.15. The maximum atomic E-state index is 12.7. The van der Waals surface area contributed by atoms with Crippen LogP contribution in [-0.2, 0) is 6.18 Å². The van der Waals surface area contributed by atoms with Gasteiger partial charge in [0, 0.05) is 5.39 Å². The monoisotopic (exact) mass is 280 g/mol. The zero-order chi connectivity index (χ0) is 12.8. The first-order valence-corrected chi connectivity index (χ1v) is 5.52. The van der Waals surface area contributed by atoms with Crippen LogP contribution in [0, 0.1) is 0 Å². The van der Waals surface area contributed by atoms with Crippen LogP contribution in [0.3, 0.4) is 0 Å². The summed E-state index contributed by atoms with van der Waals surface area (Å²) in [6, 6.07) is 2.97. The molecule has 1 N–H and O–H groups in total. The lowest BCUT2D eigenvalue weighted by molar-refractivity contribution is -0.136. The fraction of sp³-hybridized carbons (Fsp3) is 0.100.